The number of likely N-dealkylation sites (N-methyl/N-ethyl adjacent to an activating group) is 1. The lowest BCUT2D eigenvalue weighted by molar-refractivity contribution is -0.401. The van der Waals surface area contributed by atoms with Crippen LogP contribution in [0, 0.1) is 0 Å². The number of fused-ring (bicyclic) bond motifs is 3. The monoisotopic (exact) mass is 533 g/mol. The first-order valence-corrected chi connectivity index (χ1v) is 13.6. The van der Waals surface area contributed by atoms with E-state index in [2.05, 4.69) is 49.9 Å². The second kappa shape index (κ2) is 8.52. The number of aliphatic hydroxyl groups excluding tert-OH is 1. The van der Waals surface area contributed by atoms with E-state index < -0.39 is 11.4 Å². The molecule has 0 aromatic heterocycles. The van der Waals surface area contributed by atoms with Gasteiger partial charge in [-0.15, -0.1) is 0 Å². The van der Waals surface area contributed by atoms with Crippen LogP contribution >= 0.6 is 0 Å². The molecule has 0 radical (unpaired) electrons. The molecule has 3 aromatic rings. The fraction of sp³-hybridized carbons (Fsp3) is 0.265. The van der Waals surface area contributed by atoms with E-state index >= 15 is 0 Å². The largest absolute Gasteiger partial charge is 0.506 e. The first kappa shape index (κ1) is 25.8. The van der Waals surface area contributed by atoms with Crippen molar-refractivity contribution in [1.82, 2.24) is 0 Å². The molecule has 202 valence electrons. The average Bonchev–Trinajstić information content (AvgIpc) is 3.25. The van der Waals surface area contributed by atoms with Crippen LogP contribution in [0.3, 0.4) is 0 Å². The number of aliphatic hydroxyl groups is 1. The van der Waals surface area contributed by atoms with Crippen molar-refractivity contribution in [3.63, 3.8) is 0 Å². The van der Waals surface area contributed by atoms with Gasteiger partial charge in [0.05, 0.1) is 22.1 Å². The van der Waals surface area contributed by atoms with E-state index in [0.717, 1.165) is 34.9 Å². The number of allylic oxidation sites excluding steroid dienone is 5. The number of aromatic carboxylic acids is 1. The lowest BCUT2D eigenvalue weighted by Gasteiger charge is -2.28. The van der Waals surface area contributed by atoms with Gasteiger partial charge < -0.3 is 15.1 Å². The summed E-state index contributed by atoms with van der Waals surface area (Å²) in [6, 6.07) is 17.8. The summed E-state index contributed by atoms with van der Waals surface area (Å²) in [4.78, 5) is 27.3. The molecule has 1 aliphatic carbocycles. The molecular weight excluding hydrogens is 500 g/mol. The number of anilines is 1. The maximum absolute atomic E-state index is 13.5. The molecule has 6 rings (SSSR count). The molecule has 6 heteroatoms. The summed E-state index contributed by atoms with van der Waals surface area (Å²) in [6.07, 6.45) is 3.60. The van der Waals surface area contributed by atoms with Crippen LogP contribution in [0.5, 0.6) is 0 Å². The Labute approximate surface area is 233 Å². The standard InChI is InChI=1S/C34H32N2O4/c1-7-36-27-16-20-11-9-8-10-19(20)14-25(27)34(4,5)29(36)18-23-30(37)22(31(23)38)17-28-33(2,3)24-15-21(32(39)40)12-13-26(24)35(28)6/h8-18H,7H2,1-6H3,(H-,37,38,39,40)/p+1. The van der Waals surface area contributed by atoms with Crippen molar-refractivity contribution in [2.45, 2.75) is 45.4 Å². The maximum Gasteiger partial charge on any atom is 0.335 e. The minimum absolute atomic E-state index is 0.00986. The van der Waals surface area contributed by atoms with Crippen LogP contribution in [-0.2, 0) is 15.6 Å². The maximum atomic E-state index is 13.5. The molecule has 0 atom stereocenters. The van der Waals surface area contributed by atoms with Crippen molar-refractivity contribution in [1.29, 1.82) is 0 Å². The van der Waals surface area contributed by atoms with E-state index in [0.29, 0.717) is 5.57 Å². The Balaban J connectivity index is 1.41. The van der Waals surface area contributed by atoms with Gasteiger partial charge >= 0.3 is 5.97 Å². The average molecular weight is 534 g/mol. The zero-order chi connectivity index (χ0) is 28.7. The van der Waals surface area contributed by atoms with Crippen molar-refractivity contribution in [2.75, 3.05) is 18.5 Å². The molecule has 2 N–H and O–H groups in total. The van der Waals surface area contributed by atoms with Gasteiger partial charge in [-0.2, -0.15) is 4.58 Å². The molecule has 3 aromatic carbocycles. The predicted molar refractivity (Wildman–Crippen MR) is 158 cm³/mol. The van der Waals surface area contributed by atoms with Crippen LogP contribution in [-0.4, -0.2) is 45.8 Å². The van der Waals surface area contributed by atoms with Crippen molar-refractivity contribution < 1.29 is 24.4 Å². The molecule has 40 heavy (non-hydrogen) atoms. The Morgan fingerprint density at radius 3 is 2.25 bits per heavy atom. The van der Waals surface area contributed by atoms with E-state index in [1.165, 1.54) is 16.3 Å². The Kier molecular flexibility index (Phi) is 5.50. The normalized spacial score (nSPS) is 20.9. The number of ketones is 1. The highest BCUT2D eigenvalue weighted by molar-refractivity contribution is 6.24. The Hall–Kier alpha value is -4.45. The van der Waals surface area contributed by atoms with E-state index in [-0.39, 0.29) is 28.1 Å². The number of hydrogen-bond acceptors (Lipinski definition) is 4. The fourth-order valence-electron chi connectivity index (χ4n) is 6.57. The molecule has 3 aliphatic rings. The zero-order valence-corrected chi connectivity index (χ0v) is 23.7. The number of Topliss-reactive ketones (excluding diaryl/α,β-unsaturated/α-hetero) is 1. The third kappa shape index (κ3) is 3.45. The number of carbonyl (C=O) groups is 2. The van der Waals surface area contributed by atoms with E-state index in [1.54, 1.807) is 24.3 Å². The van der Waals surface area contributed by atoms with Crippen LogP contribution in [0.25, 0.3) is 10.8 Å². The Morgan fingerprint density at radius 1 is 0.950 bits per heavy atom. The highest BCUT2D eigenvalue weighted by atomic mass is 16.4. The van der Waals surface area contributed by atoms with Gasteiger partial charge in [-0.1, -0.05) is 38.1 Å². The fourth-order valence-corrected chi connectivity index (χ4v) is 6.57. The number of carboxylic acid groups (broad SMARTS) is 1. The van der Waals surface area contributed by atoms with Gasteiger partial charge in [-0.05, 0) is 67.4 Å². The number of carboxylic acids is 1. The Morgan fingerprint density at radius 2 is 1.62 bits per heavy atom. The summed E-state index contributed by atoms with van der Waals surface area (Å²) in [5, 5.41) is 23.0. The van der Waals surface area contributed by atoms with Crippen LogP contribution in [0.2, 0.25) is 0 Å². The smallest absolute Gasteiger partial charge is 0.335 e. The number of rotatable bonds is 4. The molecule has 2 aliphatic heterocycles. The van der Waals surface area contributed by atoms with Crippen molar-refractivity contribution >= 4 is 39.6 Å². The molecule has 0 unspecified atom stereocenters. The lowest BCUT2D eigenvalue weighted by atomic mass is 9.77. The second-order valence-corrected chi connectivity index (χ2v) is 11.9. The van der Waals surface area contributed by atoms with Gasteiger partial charge in [0.15, 0.2) is 5.71 Å². The molecule has 0 bridgehead atoms. The van der Waals surface area contributed by atoms with Crippen LogP contribution < -0.4 is 4.90 Å². The van der Waals surface area contributed by atoms with E-state index in [9.17, 15) is 19.8 Å². The molecule has 0 spiro atoms. The molecule has 2 heterocycles. The summed E-state index contributed by atoms with van der Waals surface area (Å²) in [7, 11) is 1.90. The Bertz CT molecular complexity index is 1800. The molecule has 0 saturated carbocycles. The first-order chi connectivity index (χ1) is 18.9. The van der Waals surface area contributed by atoms with Crippen molar-refractivity contribution in [2.24, 2.45) is 0 Å². The minimum Gasteiger partial charge on any atom is -0.506 e. The quantitative estimate of drug-likeness (QED) is 0.293. The highest BCUT2D eigenvalue weighted by Crippen LogP contribution is 2.50. The van der Waals surface area contributed by atoms with Gasteiger partial charge in [-0.3, -0.25) is 4.79 Å². The van der Waals surface area contributed by atoms with Gasteiger partial charge in [0.25, 0.3) is 0 Å². The third-order valence-corrected chi connectivity index (χ3v) is 8.92. The summed E-state index contributed by atoms with van der Waals surface area (Å²) in [5.74, 6) is -1.19. The lowest BCUT2D eigenvalue weighted by Crippen LogP contribution is -2.31. The summed E-state index contributed by atoms with van der Waals surface area (Å²) >= 11 is 0. The molecule has 0 saturated heterocycles. The van der Waals surface area contributed by atoms with Gasteiger partial charge in [0.1, 0.15) is 12.8 Å². The van der Waals surface area contributed by atoms with E-state index in [1.807, 2.05) is 43.7 Å². The zero-order valence-electron chi connectivity index (χ0n) is 23.7. The van der Waals surface area contributed by atoms with Crippen molar-refractivity contribution in [3.8, 4) is 0 Å². The number of hydrogen-bond donors (Lipinski definition) is 2. The van der Waals surface area contributed by atoms with Crippen LogP contribution in [0.4, 0.5) is 11.4 Å². The number of carbonyl (C=O) groups excluding carboxylic acids is 1. The molecule has 0 amide bonds. The number of nitrogens with zero attached hydrogens (tertiary/aromatic N) is 2. The molecular formula is C34H33N2O4+. The summed E-state index contributed by atoms with van der Waals surface area (Å²) < 4.78 is 1.96. The minimum atomic E-state index is -0.980. The molecule has 0 fully saturated rings. The summed E-state index contributed by atoms with van der Waals surface area (Å²) in [6.45, 7) is 11.2. The third-order valence-electron chi connectivity index (χ3n) is 8.92. The first-order valence-electron chi connectivity index (χ1n) is 13.6. The molecule has 6 nitrogen and oxygen atoms in total. The van der Waals surface area contributed by atoms with Gasteiger partial charge in [0.2, 0.25) is 11.5 Å². The summed E-state index contributed by atoms with van der Waals surface area (Å²) in [5.41, 5.74) is 5.79. The SMILES string of the molecule is CCN1/C(=C/C2=C(O)C(=C\C3=[N+](C)c4ccc(C(=O)O)cc4C3(C)C)/C2=O)C(C)(C)c2cc3ccccc3cc21. The van der Waals surface area contributed by atoms with Crippen LogP contribution in [0.1, 0.15) is 56.1 Å². The number of benzene rings is 3. The van der Waals surface area contributed by atoms with E-state index in [4.69, 9.17) is 0 Å². The topological polar surface area (TPSA) is 80.8 Å². The second-order valence-electron chi connectivity index (χ2n) is 11.9. The van der Waals surface area contributed by atoms with Crippen LogP contribution in [0.15, 0.2) is 89.4 Å². The van der Waals surface area contributed by atoms with Gasteiger partial charge in [0, 0.05) is 41.1 Å². The van der Waals surface area contributed by atoms with Gasteiger partial charge in [-0.25, -0.2) is 4.79 Å². The highest BCUT2D eigenvalue weighted by Gasteiger charge is 2.46. The predicted octanol–water partition coefficient (Wildman–Crippen LogP) is 6.57. The van der Waals surface area contributed by atoms with Crippen molar-refractivity contribution in [3.05, 3.63) is 106 Å².